The molecule has 0 atom stereocenters. The smallest absolute Gasteiger partial charge is 0.258 e. The van der Waals surface area contributed by atoms with E-state index in [2.05, 4.69) is 26.4 Å². The molecule has 3 heterocycles. The minimum absolute atomic E-state index is 0. The SMILES string of the molecule is Cl.Cl.O=C1Nc2ccccc2/C1=C1/Nc2ccccc2/C1=N\OCCNC1CCNCC1. The molecule has 0 aliphatic carbocycles. The number of oxime groups is 1. The van der Waals surface area contributed by atoms with Gasteiger partial charge in [0.1, 0.15) is 12.3 Å². The fourth-order valence-corrected chi connectivity index (χ4v) is 4.21. The Morgan fingerprint density at radius 1 is 0.938 bits per heavy atom. The highest BCUT2D eigenvalue weighted by atomic mass is 35.5. The number of carbonyl (C=O) groups is 1. The van der Waals surface area contributed by atoms with Gasteiger partial charge in [0.25, 0.3) is 5.91 Å². The minimum atomic E-state index is -0.133. The molecule has 4 N–H and O–H groups in total. The first-order valence-electron chi connectivity index (χ1n) is 10.5. The van der Waals surface area contributed by atoms with Gasteiger partial charge in [0.2, 0.25) is 0 Å². The third kappa shape index (κ3) is 4.76. The molecule has 0 aromatic heterocycles. The number of piperidine rings is 1. The van der Waals surface area contributed by atoms with Crippen LogP contribution in [0.15, 0.2) is 59.4 Å². The third-order valence-electron chi connectivity index (χ3n) is 5.72. The van der Waals surface area contributed by atoms with Gasteiger partial charge >= 0.3 is 0 Å². The lowest BCUT2D eigenvalue weighted by molar-refractivity contribution is -0.110. The molecule has 2 aromatic rings. The van der Waals surface area contributed by atoms with E-state index in [1.54, 1.807) is 0 Å². The maximum absolute atomic E-state index is 12.7. The Bertz CT molecular complexity index is 1030. The number of anilines is 2. The number of hydrogen-bond acceptors (Lipinski definition) is 6. The number of carbonyl (C=O) groups excluding carboxylic acids is 1. The van der Waals surface area contributed by atoms with E-state index in [0.717, 1.165) is 55.0 Å². The molecule has 0 radical (unpaired) electrons. The van der Waals surface area contributed by atoms with Gasteiger partial charge in [-0.15, -0.1) is 24.8 Å². The lowest BCUT2D eigenvalue weighted by Gasteiger charge is -2.23. The van der Waals surface area contributed by atoms with Gasteiger partial charge in [0.15, 0.2) is 0 Å². The Morgan fingerprint density at radius 3 is 2.34 bits per heavy atom. The molecule has 0 unspecified atom stereocenters. The van der Waals surface area contributed by atoms with Crippen LogP contribution < -0.4 is 21.3 Å². The quantitative estimate of drug-likeness (QED) is 0.302. The summed E-state index contributed by atoms with van der Waals surface area (Å²) in [5, 5.41) is 17.7. The molecule has 7 nitrogen and oxygen atoms in total. The van der Waals surface area contributed by atoms with Crippen LogP contribution >= 0.6 is 24.8 Å². The predicted molar refractivity (Wildman–Crippen MR) is 133 cm³/mol. The van der Waals surface area contributed by atoms with E-state index in [9.17, 15) is 4.79 Å². The monoisotopic (exact) mass is 475 g/mol. The molecule has 0 saturated carbocycles. The van der Waals surface area contributed by atoms with Crippen molar-refractivity contribution in [2.45, 2.75) is 18.9 Å². The summed E-state index contributed by atoms with van der Waals surface area (Å²) >= 11 is 0. The van der Waals surface area contributed by atoms with Crippen molar-refractivity contribution in [2.75, 3.05) is 36.9 Å². The Kier molecular flexibility index (Phi) is 8.15. The number of fused-ring (bicyclic) bond motifs is 2. The summed E-state index contributed by atoms with van der Waals surface area (Å²) in [6, 6.07) is 16.1. The van der Waals surface area contributed by atoms with Crippen LogP contribution in [-0.2, 0) is 9.63 Å². The van der Waals surface area contributed by atoms with Gasteiger partial charge in [-0.2, -0.15) is 0 Å². The number of hydrogen-bond donors (Lipinski definition) is 4. The molecular formula is C23H27Cl2N5O2. The summed E-state index contributed by atoms with van der Waals surface area (Å²) in [7, 11) is 0. The van der Waals surface area contributed by atoms with E-state index in [1.807, 2.05) is 48.5 Å². The maximum atomic E-state index is 12.7. The fourth-order valence-electron chi connectivity index (χ4n) is 4.21. The number of benzene rings is 2. The van der Waals surface area contributed by atoms with Gasteiger partial charge in [0, 0.05) is 35.1 Å². The summed E-state index contributed by atoms with van der Waals surface area (Å²) in [4.78, 5) is 18.4. The molecule has 9 heteroatoms. The van der Waals surface area contributed by atoms with Crippen molar-refractivity contribution in [1.29, 1.82) is 0 Å². The number of para-hydroxylation sites is 2. The normalized spacial score (nSPS) is 20.5. The number of amides is 1. The average Bonchev–Trinajstić information content (AvgIpc) is 3.30. The zero-order valence-corrected chi connectivity index (χ0v) is 19.2. The number of allylic oxidation sites excluding steroid dienone is 1. The second-order valence-corrected chi connectivity index (χ2v) is 7.67. The number of rotatable bonds is 5. The highest BCUT2D eigenvalue weighted by molar-refractivity contribution is 6.39. The summed E-state index contributed by atoms with van der Waals surface area (Å²) in [6.07, 6.45) is 2.27. The lowest BCUT2D eigenvalue weighted by atomic mass is 10.0. The predicted octanol–water partition coefficient (Wildman–Crippen LogP) is 3.38. The lowest BCUT2D eigenvalue weighted by Crippen LogP contribution is -2.41. The van der Waals surface area contributed by atoms with Crippen LogP contribution in [0.2, 0.25) is 0 Å². The van der Waals surface area contributed by atoms with E-state index in [-0.39, 0.29) is 30.7 Å². The van der Waals surface area contributed by atoms with Crippen LogP contribution in [0.1, 0.15) is 24.0 Å². The Hall–Kier alpha value is -2.58. The minimum Gasteiger partial charge on any atom is -0.394 e. The summed E-state index contributed by atoms with van der Waals surface area (Å²) < 4.78 is 0. The van der Waals surface area contributed by atoms with E-state index < -0.39 is 0 Å². The van der Waals surface area contributed by atoms with E-state index >= 15 is 0 Å². The highest BCUT2D eigenvalue weighted by Crippen LogP contribution is 2.38. The Balaban J connectivity index is 0.00000144. The van der Waals surface area contributed by atoms with Gasteiger partial charge in [-0.1, -0.05) is 41.6 Å². The topological polar surface area (TPSA) is 86.8 Å². The standard InChI is InChI=1S/C23H25N5O2.2ClH/c29-23-20(16-5-1-3-7-18(16)27-23)22-21(17-6-2-4-8-19(17)26-22)28-30-14-13-25-15-9-11-24-12-10-15;;/h1-8,15,24-26H,9-14H2,(H,27,29);2*1H/b22-20-,28-21+;;. The van der Waals surface area contributed by atoms with Gasteiger partial charge in [-0.3, -0.25) is 4.79 Å². The second-order valence-electron chi connectivity index (χ2n) is 7.67. The number of nitrogens with zero attached hydrogens (tertiary/aromatic N) is 1. The van der Waals surface area contributed by atoms with Crippen LogP contribution in [0, 0.1) is 0 Å². The van der Waals surface area contributed by atoms with Crippen molar-refractivity contribution in [3.05, 3.63) is 65.4 Å². The van der Waals surface area contributed by atoms with Crippen molar-refractivity contribution in [2.24, 2.45) is 5.16 Å². The van der Waals surface area contributed by atoms with Gasteiger partial charge in [-0.05, 0) is 38.1 Å². The largest absolute Gasteiger partial charge is 0.394 e. The summed E-state index contributed by atoms with van der Waals surface area (Å²) in [6.45, 7) is 3.33. The van der Waals surface area contributed by atoms with Crippen LogP contribution in [0.25, 0.3) is 5.57 Å². The van der Waals surface area contributed by atoms with Crippen LogP contribution in [-0.4, -0.2) is 43.9 Å². The van der Waals surface area contributed by atoms with Gasteiger partial charge < -0.3 is 26.1 Å². The second kappa shape index (κ2) is 10.8. The molecule has 3 aliphatic heterocycles. The zero-order valence-electron chi connectivity index (χ0n) is 17.5. The van der Waals surface area contributed by atoms with E-state index in [4.69, 9.17) is 4.84 Å². The van der Waals surface area contributed by atoms with Crippen molar-refractivity contribution in [3.8, 4) is 0 Å². The molecule has 1 saturated heterocycles. The first-order chi connectivity index (χ1) is 14.8. The Labute approximate surface area is 199 Å². The zero-order chi connectivity index (χ0) is 20.3. The highest BCUT2D eigenvalue weighted by Gasteiger charge is 2.34. The molecule has 0 spiro atoms. The van der Waals surface area contributed by atoms with Gasteiger partial charge in [0.05, 0.1) is 11.3 Å². The van der Waals surface area contributed by atoms with Crippen LogP contribution in [0.4, 0.5) is 11.4 Å². The summed E-state index contributed by atoms with van der Waals surface area (Å²) in [5.41, 5.74) is 5.49. The van der Waals surface area contributed by atoms with Crippen LogP contribution in [0.5, 0.6) is 0 Å². The molecular weight excluding hydrogens is 449 g/mol. The van der Waals surface area contributed by atoms with Gasteiger partial charge in [-0.25, -0.2) is 0 Å². The molecule has 2 aromatic carbocycles. The van der Waals surface area contributed by atoms with E-state index in [1.165, 1.54) is 0 Å². The molecule has 1 fully saturated rings. The van der Waals surface area contributed by atoms with Crippen LogP contribution in [0.3, 0.4) is 0 Å². The molecule has 5 rings (SSSR count). The molecule has 32 heavy (non-hydrogen) atoms. The van der Waals surface area contributed by atoms with Crippen molar-refractivity contribution >= 4 is 53.4 Å². The average molecular weight is 476 g/mol. The molecule has 1 amide bonds. The number of halogens is 2. The molecule has 3 aliphatic rings. The van der Waals surface area contributed by atoms with Crippen molar-refractivity contribution in [1.82, 2.24) is 10.6 Å². The van der Waals surface area contributed by atoms with Crippen molar-refractivity contribution < 1.29 is 9.63 Å². The fraction of sp³-hybridized carbons (Fsp3) is 0.304. The Morgan fingerprint density at radius 2 is 1.59 bits per heavy atom. The van der Waals surface area contributed by atoms with E-state index in [0.29, 0.717) is 29.6 Å². The molecule has 0 bridgehead atoms. The molecule has 170 valence electrons. The maximum Gasteiger partial charge on any atom is 0.258 e. The summed E-state index contributed by atoms with van der Waals surface area (Å²) in [5.74, 6) is -0.133. The third-order valence-corrected chi connectivity index (χ3v) is 5.72. The first kappa shape index (κ1) is 24.1. The first-order valence-corrected chi connectivity index (χ1v) is 10.5. The van der Waals surface area contributed by atoms with Crippen molar-refractivity contribution in [3.63, 3.8) is 0 Å². The number of nitrogens with one attached hydrogen (secondary N) is 4.